The van der Waals surface area contributed by atoms with Crippen LogP contribution in [0.3, 0.4) is 0 Å². The van der Waals surface area contributed by atoms with E-state index in [0.717, 1.165) is 17.9 Å². The molecule has 1 aliphatic rings. The molecule has 0 radical (unpaired) electrons. The molecule has 1 aromatic rings. The normalized spacial score (nSPS) is 17.9. The molecule has 112 valence electrons. The van der Waals surface area contributed by atoms with Crippen molar-refractivity contribution >= 4 is 18.3 Å². The maximum Gasteiger partial charge on any atom is 0.250 e. The van der Waals surface area contributed by atoms with Gasteiger partial charge in [0, 0.05) is 13.1 Å². The van der Waals surface area contributed by atoms with Crippen LogP contribution in [-0.4, -0.2) is 44.9 Å². The molecule has 1 aromatic carbocycles. The Kier molecular flexibility index (Phi) is 7.36. The number of carbonyl (C=O) groups excluding carboxylic acids is 1. The van der Waals surface area contributed by atoms with E-state index in [0.29, 0.717) is 26.3 Å². The molecule has 5 nitrogen and oxygen atoms in total. The molecule has 1 aliphatic heterocycles. The molecule has 2 rings (SSSR count). The Labute approximate surface area is 125 Å². The largest absolute Gasteiger partial charge is 0.492 e. The van der Waals surface area contributed by atoms with Crippen LogP contribution in [-0.2, 0) is 9.53 Å². The highest BCUT2D eigenvalue weighted by Gasteiger charge is 2.20. The fraction of sp³-hybridized carbons (Fsp3) is 0.500. The molecule has 6 heteroatoms. The van der Waals surface area contributed by atoms with E-state index in [1.54, 1.807) is 0 Å². The standard InChI is InChI=1S/C14H20N2O3.ClH/c1-11-3-2-4-12(9-11)18-8-6-16-14(17)13-10-15-5-7-19-13;/h2-4,9,13,15H,5-8,10H2,1H3,(H,16,17);1H. The molecule has 2 N–H and O–H groups in total. The Morgan fingerprint density at radius 2 is 2.40 bits per heavy atom. The van der Waals surface area contributed by atoms with Crippen LogP contribution in [0.25, 0.3) is 0 Å². The van der Waals surface area contributed by atoms with Gasteiger partial charge in [-0.15, -0.1) is 12.4 Å². The summed E-state index contributed by atoms with van der Waals surface area (Å²) in [6, 6.07) is 7.84. The van der Waals surface area contributed by atoms with Crippen LogP contribution in [0.15, 0.2) is 24.3 Å². The van der Waals surface area contributed by atoms with Crippen molar-refractivity contribution in [3.8, 4) is 5.75 Å². The van der Waals surface area contributed by atoms with E-state index in [4.69, 9.17) is 9.47 Å². The number of benzene rings is 1. The second-order valence-corrected chi connectivity index (χ2v) is 4.52. The summed E-state index contributed by atoms with van der Waals surface area (Å²) in [5.41, 5.74) is 1.16. The Balaban J connectivity index is 0.00000200. The number of rotatable bonds is 5. The Bertz CT molecular complexity index is 423. The van der Waals surface area contributed by atoms with Crippen molar-refractivity contribution in [2.45, 2.75) is 13.0 Å². The zero-order valence-corrected chi connectivity index (χ0v) is 12.4. The molecule has 1 atom stereocenters. The summed E-state index contributed by atoms with van der Waals surface area (Å²) in [5.74, 6) is 0.741. The topological polar surface area (TPSA) is 59.6 Å². The number of carbonyl (C=O) groups is 1. The summed E-state index contributed by atoms with van der Waals surface area (Å²) >= 11 is 0. The summed E-state index contributed by atoms with van der Waals surface area (Å²) in [7, 11) is 0. The number of morpholine rings is 1. The average Bonchev–Trinajstić information content (AvgIpc) is 2.44. The van der Waals surface area contributed by atoms with Crippen LogP contribution in [0.1, 0.15) is 5.56 Å². The molecule has 1 amide bonds. The van der Waals surface area contributed by atoms with E-state index in [9.17, 15) is 4.79 Å². The van der Waals surface area contributed by atoms with Crippen LogP contribution in [0, 0.1) is 6.92 Å². The van der Waals surface area contributed by atoms with Crippen molar-refractivity contribution < 1.29 is 14.3 Å². The molecule has 1 saturated heterocycles. The first-order chi connectivity index (χ1) is 9.25. The van der Waals surface area contributed by atoms with Crippen LogP contribution < -0.4 is 15.4 Å². The van der Waals surface area contributed by atoms with E-state index in [1.807, 2.05) is 31.2 Å². The van der Waals surface area contributed by atoms with Crippen LogP contribution in [0.2, 0.25) is 0 Å². The number of aryl methyl sites for hydroxylation is 1. The minimum absolute atomic E-state index is 0. The van der Waals surface area contributed by atoms with Gasteiger partial charge in [-0.1, -0.05) is 12.1 Å². The molecule has 1 fully saturated rings. The highest BCUT2D eigenvalue weighted by atomic mass is 35.5. The third-order valence-electron chi connectivity index (χ3n) is 2.88. The molecule has 0 aromatic heterocycles. The van der Waals surface area contributed by atoms with E-state index < -0.39 is 0 Å². The first-order valence-electron chi connectivity index (χ1n) is 6.55. The minimum atomic E-state index is -0.382. The van der Waals surface area contributed by atoms with Gasteiger partial charge >= 0.3 is 0 Å². The van der Waals surface area contributed by atoms with Gasteiger partial charge in [-0.3, -0.25) is 4.79 Å². The van der Waals surface area contributed by atoms with Gasteiger partial charge in [0.1, 0.15) is 18.5 Å². The maximum atomic E-state index is 11.7. The number of amides is 1. The zero-order chi connectivity index (χ0) is 13.5. The monoisotopic (exact) mass is 300 g/mol. The van der Waals surface area contributed by atoms with E-state index in [-0.39, 0.29) is 24.4 Å². The summed E-state index contributed by atoms with van der Waals surface area (Å²) < 4.78 is 10.9. The number of hydrogen-bond donors (Lipinski definition) is 2. The quantitative estimate of drug-likeness (QED) is 0.793. The first kappa shape index (κ1) is 16.8. The highest BCUT2D eigenvalue weighted by molar-refractivity contribution is 5.85. The number of halogens is 1. The number of hydrogen-bond acceptors (Lipinski definition) is 4. The predicted octanol–water partition coefficient (Wildman–Crippen LogP) is 0.900. The van der Waals surface area contributed by atoms with Gasteiger partial charge in [-0.25, -0.2) is 0 Å². The van der Waals surface area contributed by atoms with E-state index in [1.165, 1.54) is 0 Å². The third-order valence-corrected chi connectivity index (χ3v) is 2.88. The fourth-order valence-corrected chi connectivity index (χ4v) is 1.90. The second kappa shape index (κ2) is 8.79. The number of ether oxygens (including phenoxy) is 2. The third kappa shape index (κ3) is 5.36. The summed E-state index contributed by atoms with van der Waals surface area (Å²) in [6.07, 6.45) is -0.382. The Hall–Kier alpha value is -1.30. The van der Waals surface area contributed by atoms with Gasteiger partial charge in [0.15, 0.2) is 0 Å². The van der Waals surface area contributed by atoms with Crippen LogP contribution >= 0.6 is 12.4 Å². The lowest BCUT2D eigenvalue weighted by molar-refractivity contribution is -0.134. The van der Waals surface area contributed by atoms with Crippen LogP contribution in [0.4, 0.5) is 0 Å². The van der Waals surface area contributed by atoms with Crippen LogP contribution in [0.5, 0.6) is 5.75 Å². The summed E-state index contributed by atoms with van der Waals surface area (Å²) in [5, 5.41) is 5.93. The molecular formula is C14H21ClN2O3. The van der Waals surface area contributed by atoms with Crippen molar-refractivity contribution in [2.75, 3.05) is 32.8 Å². The van der Waals surface area contributed by atoms with Gasteiger partial charge in [0.2, 0.25) is 0 Å². The lowest BCUT2D eigenvalue weighted by Crippen LogP contribution is -2.48. The van der Waals surface area contributed by atoms with Crippen molar-refractivity contribution in [3.63, 3.8) is 0 Å². The molecule has 0 bridgehead atoms. The molecule has 20 heavy (non-hydrogen) atoms. The molecule has 0 spiro atoms. The lowest BCUT2D eigenvalue weighted by atomic mass is 10.2. The van der Waals surface area contributed by atoms with Gasteiger partial charge in [-0.05, 0) is 24.6 Å². The molecular weight excluding hydrogens is 280 g/mol. The average molecular weight is 301 g/mol. The molecule has 0 aliphatic carbocycles. The van der Waals surface area contributed by atoms with Crippen molar-refractivity contribution in [1.82, 2.24) is 10.6 Å². The van der Waals surface area contributed by atoms with Gasteiger partial charge < -0.3 is 20.1 Å². The fourth-order valence-electron chi connectivity index (χ4n) is 1.90. The van der Waals surface area contributed by atoms with Crippen molar-refractivity contribution in [2.24, 2.45) is 0 Å². The molecule has 1 heterocycles. The summed E-state index contributed by atoms with van der Waals surface area (Å²) in [6.45, 7) is 4.91. The predicted molar refractivity (Wildman–Crippen MR) is 79.5 cm³/mol. The minimum Gasteiger partial charge on any atom is -0.492 e. The molecule has 0 saturated carbocycles. The maximum absolute atomic E-state index is 11.7. The van der Waals surface area contributed by atoms with Gasteiger partial charge in [0.25, 0.3) is 5.91 Å². The zero-order valence-electron chi connectivity index (χ0n) is 11.6. The van der Waals surface area contributed by atoms with Gasteiger partial charge in [0.05, 0.1) is 13.2 Å². The lowest BCUT2D eigenvalue weighted by Gasteiger charge is -2.22. The Morgan fingerprint density at radius 3 is 3.10 bits per heavy atom. The number of nitrogens with one attached hydrogen (secondary N) is 2. The van der Waals surface area contributed by atoms with Gasteiger partial charge in [-0.2, -0.15) is 0 Å². The van der Waals surface area contributed by atoms with E-state index >= 15 is 0 Å². The Morgan fingerprint density at radius 1 is 1.55 bits per heavy atom. The summed E-state index contributed by atoms with van der Waals surface area (Å²) in [4.78, 5) is 11.7. The van der Waals surface area contributed by atoms with E-state index in [2.05, 4.69) is 10.6 Å². The first-order valence-corrected chi connectivity index (χ1v) is 6.55. The van der Waals surface area contributed by atoms with Crippen molar-refractivity contribution in [3.05, 3.63) is 29.8 Å². The second-order valence-electron chi connectivity index (χ2n) is 4.52. The highest BCUT2D eigenvalue weighted by Crippen LogP contribution is 2.11. The molecule has 1 unspecified atom stereocenters. The van der Waals surface area contributed by atoms with Crippen molar-refractivity contribution in [1.29, 1.82) is 0 Å². The SMILES string of the molecule is Cc1cccc(OCCNC(=O)C2CNCCO2)c1.Cl. The smallest absolute Gasteiger partial charge is 0.250 e.